The van der Waals surface area contributed by atoms with Crippen LogP contribution in [0.5, 0.6) is 5.75 Å². The van der Waals surface area contributed by atoms with Crippen molar-refractivity contribution in [1.82, 2.24) is 0 Å². The number of hydrogen-bond acceptors (Lipinski definition) is 8. The van der Waals surface area contributed by atoms with Crippen molar-refractivity contribution < 1.29 is 28.5 Å². The Morgan fingerprint density at radius 3 is 1.96 bits per heavy atom. The number of carbonyl (C=O) groups excluding carboxylic acids is 1. The lowest BCUT2D eigenvalue weighted by molar-refractivity contribution is -0.384. The highest BCUT2D eigenvalue weighted by Gasteiger charge is 2.50. The Morgan fingerprint density at radius 1 is 0.851 bits per heavy atom. The molecule has 0 N–H and O–H groups in total. The number of benzene rings is 3. The largest absolute Gasteiger partial charge is 0.493 e. The Kier molecular flexibility index (Phi) is 11.3. The fourth-order valence-corrected chi connectivity index (χ4v) is 5.40. The molecule has 4 rings (SSSR count). The highest BCUT2D eigenvalue weighted by atomic mass is 16.7. The van der Waals surface area contributed by atoms with Gasteiger partial charge in [-0.3, -0.25) is 15.1 Å². The molecule has 1 atom stereocenters. The van der Waals surface area contributed by atoms with Crippen molar-refractivity contribution in [3.63, 3.8) is 0 Å². The molecule has 1 fully saturated rings. The molecule has 1 aliphatic rings. The zero-order chi connectivity index (χ0) is 34.3. The Balaban J connectivity index is 1.71. The van der Waals surface area contributed by atoms with Crippen LogP contribution in [0.3, 0.4) is 0 Å². The molecule has 3 aromatic rings. The van der Waals surface area contributed by atoms with E-state index in [1.54, 1.807) is 12.1 Å². The summed E-state index contributed by atoms with van der Waals surface area (Å²) in [6, 6.07) is 25.6. The van der Waals surface area contributed by atoms with Gasteiger partial charge in [0.2, 0.25) is 0 Å². The smallest absolute Gasteiger partial charge is 0.457 e. The summed E-state index contributed by atoms with van der Waals surface area (Å²) in [5.74, 6) is -0.110. The minimum Gasteiger partial charge on any atom is -0.493 e. The first-order valence-corrected chi connectivity index (χ1v) is 16.3. The minimum absolute atomic E-state index is 0.0722. The van der Waals surface area contributed by atoms with E-state index >= 15 is 0 Å². The predicted molar refractivity (Wildman–Crippen MR) is 185 cm³/mol. The lowest BCUT2D eigenvalue weighted by atomic mass is 9.80. The number of ether oxygens (including phenoxy) is 2. The van der Waals surface area contributed by atoms with E-state index in [0.29, 0.717) is 30.6 Å². The van der Waals surface area contributed by atoms with E-state index in [1.165, 1.54) is 12.1 Å². The third-order valence-electron chi connectivity index (χ3n) is 8.59. The molecule has 1 unspecified atom stereocenters. The number of esters is 1. The summed E-state index contributed by atoms with van der Waals surface area (Å²) >= 11 is 0. The van der Waals surface area contributed by atoms with Gasteiger partial charge in [0.1, 0.15) is 11.4 Å². The second-order valence-corrected chi connectivity index (χ2v) is 14.0. The van der Waals surface area contributed by atoms with Gasteiger partial charge in [0.25, 0.3) is 5.69 Å². The van der Waals surface area contributed by atoms with Crippen LogP contribution in [0.2, 0.25) is 6.32 Å². The SMILES string of the molecule is CC(C)(C)OC(=O)C(CCCCB1OC(C)(C)C(C)(C)O1)(CCOc1cccc([N+](=O)[O-])c1)N=C(c1ccccc1)c1ccccc1. The van der Waals surface area contributed by atoms with Crippen molar-refractivity contribution in [2.45, 2.75) is 103 Å². The van der Waals surface area contributed by atoms with E-state index in [4.69, 9.17) is 23.8 Å². The van der Waals surface area contributed by atoms with E-state index < -0.39 is 33.2 Å². The molecule has 250 valence electrons. The number of hydrogen-bond donors (Lipinski definition) is 0. The molecule has 3 aromatic carbocycles. The molecule has 9 nitrogen and oxygen atoms in total. The van der Waals surface area contributed by atoms with Crippen LogP contribution in [0, 0.1) is 10.1 Å². The van der Waals surface area contributed by atoms with Crippen LogP contribution in [-0.4, -0.2) is 52.7 Å². The number of nitro groups is 1. The van der Waals surface area contributed by atoms with Crippen LogP contribution in [0.4, 0.5) is 5.69 Å². The van der Waals surface area contributed by atoms with E-state index in [1.807, 2.05) is 109 Å². The Morgan fingerprint density at radius 2 is 1.43 bits per heavy atom. The second kappa shape index (κ2) is 14.8. The van der Waals surface area contributed by atoms with Gasteiger partial charge in [-0.05, 0) is 67.3 Å². The summed E-state index contributed by atoms with van der Waals surface area (Å²) in [6.45, 7) is 13.7. The zero-order valence-electron chi connectivity index (χ0n) is 28.7. The van der Waals surface area contributed by atoms with Crippen LogP contribution in [-0.2, 0) is 18.8 Å². The molecule has 0 aliphatic carbocycles. The van der Waals surface area contributed by atoms with Crippen LogP contribution in [0.1, 0.15) is 85.3 Å². The first kappa shape index (κ1) is 35.8. The second-order valence-electron chi connectivity index (χ2n) is 14.0. The first-order chi connectivity index (χ1) is 22.1. The monoisotopic (exact) mass is 642 g/mol. The first-order valence-electron chi connectivity index (χ1n) is 16.3. The lowest BCUT2D eigenvalue weighted by Gasteiger charge is -2.33. The van der Waals surface area contributed by atoms with Crippen molar-refractivity contribution in [2.24, 2.45) is 4.99 Å². The zero-order valence-corrected chi connectivity index (χ0v) is 28.7. The highest BCUT2D eigenvalue weighted by molar-refractivity contribution is 6.45. The highest BCUT2D eigenvalue weighted by Crippen LogP contribution is 2.39. The maximum Gasteiger partial charge on any atom is 0.457 e. The molecular formula is C37H47BN2O7. The molecule has 0 aromatic heterocycles. The standard InChI is InChI=1S/C37H47BN2O7/c1-34(2,3)45-33(41)37(24-26-44-31-22-16-21-30(27-31)40(42)43,23-14-15-25-38-46-35(4,5)36(6,7)47-38)39-32(28-17-10-8-11-18-28)29-19-12-9-13-20-29/h8-13,16-22,27H,14-15,23-26H2,1-7H3. The molecular weight excluding hydrogens is 595 g/mol. The molecule has 0 saturated carbocycles. The maximum atomic E-state index is 14.4. The van der Waals surface area contributed by atoms with E-state index in [0.717, 1.165) is 17.5 Å². The molecule has 1 aliphatic heterocycles. The van der Waals surface area contributed by atoms with Crippen LogP contribution < -0.4 is 4.74 Å². The number of nitro benzene ring substituents is 1. The summed E-state index contributed by atoms with van der Waals surface area (Å²) in [4.78, 5) is 30.6. The summed E-state index contributed by atoms with van der Waals surface area (Å²) in [7, 11) is -0.346. The number of nitrogens with zero attached hydrogens (tertiary/aromatic N) is 2. The Hall–Kier alpha value is -4.02. The average molecular weight is 643 g/mol. The average Bonchev–Trinajstić information content (AvgIpc) is 3.23. The van der Waals surface area contributed by atoms with Crippen molar-refractivity contribution in [3.05, 3.63) is 106 Å². The van der Waals surface area contributed by atoms with E-state index in [2.05, 4.69) is 0 Å². The molecule has 0 bridgehead atoms. The van der Waals surface area contributed by atoms with Gasteiger partial charge in [-0.15, -0.1) is 0 Å². The lowest BCUT2D eigenvalue weighted by Crippen LogP contribution is -2.44. The summed E-state index contributed by atoms with van der Waals surface area (Å²) < 4.78 is 24.6. The molecule has 1 heterocycles. The fourth-order valence-electron chi connectivity index (χ4n) is 5.40. The predicted octanol–water partition coefficient (Wildman–Crippen LogP) is 8.24. The quantitative estimate of drug-likeness (QED) is 0.0435. The number of carbonyl (C=O) groups is 1. The van der Waals surface area contributed by atoms with Gasteiger partial charge in [-0.1, -0.05) is 79.6 Å². The van der Waals surface area contributed by atoms with Crippen LogP contribution in [0.25, 0.3) is 0 Å². The molecule has 10 heteroatoms. The molecule has 0 amide bonds. The summed E-state index contributed by atoms with van der Waals surface area (Å²) in [5, 5.41) is 11.4. The normalized spacial score (nSPS) is 16.6. The van der Waals surface area contributed by atoms with E-state index in [9.17, 15) is 14.9 Å². The number of unbranched alkanes of at least 4 members (excludes halogenated alkanes) is 1. The van der Waals surface area contributed by atoms with Crippen molar-refractivity contribution >= 4 is 24.5 Å². The van der Waals surface area contributed by atoms with Crippen molar-refractivity contribution in [2.75, 3.05) is 6.61 Å². The topological polar surface area (TPSA) is 109 Å². The Bertz CT molecular complexity index is 1480. The number of aliphatic imine (C=N–C) groups is 1. The van der Waals surface area contributed by atoms with Crippen LogP contribution >= 0.6 is 0 Å². The van der Waals surface area contributed by atoms with Gasteiger partial charge in [-0.2, -0.15) is 0 Å². The molecule has 0 spiro atoms. The number of non-ortho nitro benzene ring substituents is 1. The van der Waals surface area contributed by atoms with Crippen molar-refractivity contribution in [3.8, 4) is 5.75 Å². The molecule has 0 radical (unpaired) electrons. The summed E-state index contributed by atoms with van der Waals surface area (Å²) in [5.41, 5.74) is -0.618. The van der Waals surface area contributed by atoms with Gasteiger partial charge in [0.05, 0.1) is 34.5 Å². The maximum absolute atomic E-state index is 14.4. The van der Waals surface area contributed by atoms with Gasteiger partial charge < -0.3 is 18.8 Å². The van der Waals surface area contributed by atoms with Gasteiger partial charge >= 0.3 is 13.1 Å². The Labute approximate surface area is 279 Å². The van der Waals surface area contributed by atoms with Gasteiger partial charge in [0, 0.05) is 23.6 Å². The minimum atomic E-state index is -1.33. The van der Waals surface area contributed by atoms with E-state index in [-0.39, 0.29) is 25.8 Å². The third kappa shape index (κ3) is 9.52. The van der Waals surface area contributed by atoms with Gasteiger partial charge in [-0.25, -0.2) is 4.79 Å². The number of rotatable bonds is 14. The van der Waals surface area contributed by atoms with Gasteiger partial charge in [0.15, 0.2) is 5.54 Å². The van der Waals surface area contributed by atoms with Crippen LogP contribution in [0.15, 0.2) is 89.9 Å². The molecule has 1 saturated heterocycles. The fraction of sp³-hybridized carbons (Fsp3) is 0.459. The third-order valence-corrected chi connectivity index (χ3v) is 8.59. The summed E-state index contributed by atoms with van der Waals surface area (Å²) in [6.07, 6.45) is 2.59. The van der Waals surface area contributed by atoms with Crippen molar-refractivity contribution in [1.29, 1.82) is 0 Å². The molecule has 47 heavy (non-hydrogen) atoms.